The van der Waals surface area contributed by atoms with Crippen molar-refractivity contribution in [3.8, 4) is 0 Å². The standard InChI is InChI=1S/C20H23N5O2/c1-3-16(4-2-14(1)13-25-8-11-26-12-9-25)22-20-23-17-7-10-27-18(17)19(24-20)21-15-5-6-15/h1-4,7,10,15H,5-6,8-9,11-13H2,(H2,21,22,23,24). The predicted octanol–water partition coefficient (Wildman–Crippen LogP) is 3.37. The molecule has 0 amide bonds. The first-order valence-corrected chi connectivity index (χ1v) is 9.51. The van der Waals surface area contributed by atoms with E-state index in [0.29, 0.717) is 17.6 Å². The van der Waals surface area contributed by atoms with E-state index in [1.54, 1.807) is 6.26 Å². The molecule has 1 aliphatic heterocycles. The van der Waals surface area contributed by atoms with Crippen LogP contribution >= 0.6 is 0 Å². The van der Waals surface area contributed by atoms with Crippen LogP contribution in [0.5, 0.6) is 0 Å². The van der Waals surface area contributed by atoms with Crippen LogP contribution in [0.25, 0.3) is 11.1 Å². The SMILES string of the molecule is c1cc2nc(Nc3ccc(CN4CCOCC4)cc3)nc(NC3CC3)c2o1. The Morgan fingerprint density at radius 1 is 1.04 bits per heavy atom. The largest absolute Gasteiger partial charge is 0.459 e. The van der Waals surface area contributed by atoms with Crippen molar-refractivity contribution in [3.63, 3.8) is 0 Å². The third-order valence-corrected chi connectivity index (χ3v) is 4.94. The Bertz CT molecular complexity index is 914. The van der Waals surface area contributed by atoms with Crippen molar-refractivity contribution in [2.75, 3.05) is 36.9 Å². The minimum atomic E-state index is 0.500. The van der Waals surface area contributed by atoms with Crippen LogP contribution in [-0.4, -0.2) is 47.2 Å². The van der Waals surface area contributed by atoms with Crippen molar-refractivity contribution in [3.05, 3.63) is 42.2 Å². The van der Waals surface area contributed by atoms with Crippen LogP contribution in [0.15, 0.2) is 41.0 Å². The van der Waals surface area contributed by atoms with Gasteiger partial charge in [0.2, 0.25) is 5.95 Å². The van der Waals surface area contributed by atoms with Crippen LogP contribution in [0, 0.1) is 0 Å². The van der Waals surface area contributed by atoms with E-state index in [9.17, 15) is 0 Å². The Labute approximate surface area is 157 Å². The van der Waals surface area contributed by atoms with E-state index >= 15 is 0 Å². The molecule has 2 N–H and O–H groups in total. The summed E-state index contributed by atoms with van der Waals surface area (Å²) in [7, 11) is 0. The normalized spacial score (nSPS) is 17.9. The van der Waals surface area contributed by atoms with Crippen LogP contribution in [0.1, 0.15) is 18.4 Å². The van der Waals surface area contributed by atoms with Crippen LogP contribution in [0.4, 0.5) is 17.5 Å². The summed E-state index contributed by atoms with van der Waals surface area (Å²) in [5.41, 5.74) is 3.79. The summed E-state index contributed by atoms with van der Waals surface area (Å²) in [5, 5.41) is 6.74. The molecule has 3 aromatic rings. The monoisotopic (exact) mass is 365 g/mol. The molecule has 7 nitrogen and oxygen atoms in total. The van der Waals surface area contributed by atoms with Gasteiger partial charge in [0.15, 0.2) is 11.4 Å². The summed E-state index contributed by atoms with van der Waals surface area (Å²) in [6.45, 7) is 4.59. The molecular weight excluding hydrogens is 342 g/mol. The van der Waals surface area contributed by atoms with Gasteiger partial charge in [-0.3, -0.25) is 4.90 Å². The van der Waals surface area contributed by atoms with Crippen molar-refractivity contribution in [2.24, 2.45) is 0 Å². The number of furan rings is 1. The Hall–Kier alpha value is -2.64. The van der Waals surface area contributed by atoms with Crippen molar-refractivity contribution in [1.82, 2.24) is 14.9 Å². The third-order valence-electron chi connectivity index (χ3n) is 4.94. The molecule has 7 heteroatoms. The minimum Gasteiger partial charge on any atom is -0.459 e. The lowest BCUT2D eigenvalue weighted by molar-refractivity contribution is 0.0342. The van der Waals surface area contributed by atoms with Gasteiger partial charge in [-0.15, -0.1) is 0 Å². The van der Waals surface area contributed by atoms with Gasteiger partial charge in [-0.1, -0.05) is 12.1 Å². The number of ether oxygens (including phenoxy) is 1. The maximum absolute atomic E-state index is 5.54. The van der Waals surface area contributed by atoms with Gasteiger partial charge in [-0.2, -0.15) is 4.98 Å². The summed E-state index contributed by atoms with van der Waals surface area (Å²) >= 11 is 0. The number of morpholine rings is 1. The van der Waals surface area contributed by atoms with Crippen molar-refractivity contribution < 1.29 is 9.15 Å². The smallest absolute Gasteiger partial charge is 0.229 e. The van der Waals surface area contributed by atoms with E-state index in [-0.39, 0.29) is 0 Å². The van der Waals surface area contributed by atoms with Gasteiger partial charge >= 0.3 is 0 Å². The molecule has 1 aliphatic carbocycles. The molecule has 0 radical (unpaired) electrons. The molecule has 27 heavy (non-hydrogen) atoms. The molecule has 2 aliphatic rings. The fraction of sp³-hybridized carbons (Fsp3) is 0.400. The Balaban J connectivity index is 1.30. The second-order valence-corrected chi connectivity index (χ2v) is 7.16. The molecule has 0 atom stereocenters. The average molecular weight is 365 g/mol. The zero-order valence-corrected chi connectivity index (χ0v) is 15.1. The third kappa shape index (κ3) is 3.89. The van der Waals surface area contributed by atoms with Gasteiger partial charge in [-0.05, 0) is 30.5 Å². The van der Waals surface area contributed by atoms with E-state index in [2.05, 4.69) is 49.8 Å². The van der Waals surface area contributed by atoms with E-state index < -0.39 is 0 Å². The molecule has 5 rings (SSSR count). The maximum Gasteiger partial charge on any atom is 0.229 e. The highest BCUT2D eigenvalue weighted by molar-refractivity contribution is 5.85. The summed E-state index contributed by atoms with van der Waals surface area (Å²) < 4.78 is 10.9. The molecule has 1 saturated carbocycles. The van der Waals surface area contributed by atoms with Gasteiger partial charge in [0.1, 0.15) is 5.52 Å². The average Bonchev–Trinajstić information content (AvgIpc) is 3.38. The van der Waals surface area contributed by atoms with Crippen LogP contribution in [0.2, 0.25) is 0 Å². The highest BCUT2D eigenvalue weighted by Crippen LogP contribution is 2.30. The van der Waals surface area contributed by atoms with E-state index in [1.807, 2.05) is 6.07 Å². The lowest BCUT2D eigenvalue weighted by atomic mass is 10.2. The lowest BCUT2D eigenvalue weighted by Crippen LogP contribution is -2.35. The zero-order chi connectivity index (χ0) is 18.1. The molecule has 2 aromatic heterocycles. The number of hydrogen-bond acceptors (Lipinski definition) is 7. The van der Waals surface area contributed by atoms with E-state index in [4.69, 9.17) is 9.15 Å². The number of benzene rings is 1. The van der Waals surface area contributed by atoms with Gasteiger partial charge in [0, 0.05) is 37.4 Å². The number of hydrogen-bond donors (Lipinski definition) is 2. The van der Waals surface area contributed by atoms with E-state index in [1.165, 1.54) is 18.4 Å². The van der Waals surface area contributed by atoms with Crippen molar-refractivity contribution in [1.29, 1.82) is 0 Å². The number of nitrogens with one attached hydrogen (secondary N) is 2. The zero-order valence-electron chi connectivity index (χ0n) is 15.1. The second-order valence-electron chi connectivity index (χ2n) is 7.16. The summed E-state index contributed by atoms with van der Waals surface area (Å²) in [6, 6.07) is 10.8. The minimum absolute atomic E-state index is 0.500. The predicted molar refractivity (Wildman–Crippen MR) is 104 cm³/mol. The number of aromatic nitrogens is 2. The number of anilines is 3. The molecule has 0 bridgehead atoms. The maximum atomic E-state index is 5.54. The quantitative estimate of drug-likeness (QED) is 0.693. The van der Waals surface area contributed by atoms with Gasteiger partial charge in [-0.25, -0.2) is 4.98 Å². The first-order valence-electron chi connectivity index (χ1n) is 9.51. The molecule has 0 unspecified atom stereocenters. The first-order chi connectivity index (χ1) is 13.3. The fourth-order valence-electron chi connectivity index (χ4n) is 3.28. The number of nitrogens with zero attached hydrogens (tertiary/aromatic N) is 3. The van der Waals surface area contributed by atoms with Gasteiger partial charge in [0.05, 0.1) is 19.5 Å². The summed E-state index contributed by atoms with van der Waals surface area (Å²) in [4.78, 5) is 11.6. The first kappa shape index (κ1) is 16.5. The number of fused-ring (bicyclic) bond motifs is 1. The lowest BCUT2D eigenvalue weighted by Gasteiger charge is -2.26. The Morgan fingerprint density at radius 3 is 2.63 bits per heavy atom. The van der Waals surface area contributed by atoms with Crippen LogP contribution in [-0.2, 0) is 11.3 Å². The molecule has 1 saturated heterocycles. The summed E-state index contributed by atoms with van der Waals surface area (Å²) in [5.74, 6) is 1.34. The molecular formula is C20H23N5O2. The highest BCUT2D eigenvalue weighted by atomic mass is 16.5. The fourth-order valence-corrected chi connectivity index (χ4v) is 3.28. The molecule has 140 valence electrons. The Kier molecular flexibility index (Phi) is 4.39. The highest BCUT2D eigenvalue weighted by Gasteiger charge is 2.23. The van der Waals surface area contributed by atoms with Crippen molar-refractivity contribution in [2.45, 2.75) is 25.4 Å². The Morgan fingerprint density at radius 2 is 1.85 bits per heavy atom. The molecule has 2 fully saturated rings. The van der Waals surface area contributed by atoms with Gasteiger partial charge in [0.25, 0.3) is 0 Å². The van der Waals surface area contributed by atoms with Crippen LogP contribution < -0.4 is 10.6 Å². The second kappa shape index (κ2) is 7.17. The van der Waals surface area contributed by atoms with Crippen LogP contribution in [0.3, 0.4) is 0 Å². The molecule has 3 heterocycles. The van der Waals surface area contributed by atoms with Gasteiger partial charge < -0.3 is 19.8 Å². The van der Waals surface area contributed by atoms with E-state index in [0.717, 1.165) is 49.9 Å². The van der Waals surface area contributed by atoms with Crippen molar-refractivity contribution >= 4 is 28.6 Å². The number of rotatable bonds is 6. The molecule has 0 spiro atoms. The topological polar surface area (TPSA) is 75.5 Å². The molecule has 1 aromatic carbocycles. The summed E-state index contributed by atoms with van der Waals surface area (Å²) in [6.07, 6.45) is 4.01.